The average Bonchev–Trinajstić information content (AvgIpc) is 2.04. The lowest BCUT2D eigenvalue weighted by Crippen LogP contribution is -1.90. The first-order chi connectivity index (χ1) is 5.77. The summed E-state index contributed by atoms with van der Waals surface area (Å²) in [4.78, 5) is 8.36. The molecule has 3 heteroatoms. The Labute approximate surface area is 70.3 Å². The van der Waals surface area contributed by atoms with Crippen LogP contribution in [-0.4, -0.2) is 9.97 Å². The summed E-state index contributed by atoms with van der Waals surface area (Å²) in [6.07, 6.45) is 3.35. The minimum Gasteiger partial charge on any atom is -0.399 e. The molecular formula is C9H9N3. The summed E-state index contributed by atoms with van der Waals surface area (Å²) < 4.78 is 0. The van der Waals surface area contributed by atoms with Crippen molar-refractivity contribution >= 4 is 16.7 Å². The molecule has 0 bridgehead atoms. The molecule has 0 saturated heterocycles. The van der Waals surface area contributed by atoms with Crippen LogP contribution in [0.15, 0.2) is 24.5 Å². The molecule has 1 heterocycles. The van der Waals surface area contributed by atoms with E-state index in [1.54, 1.807) is 12.4 Å². The molecule has 2 N–H and O–H groups in total. The van der Waals surface area contributed by atoms with Gasteiger partial charge in [0.25, 0.3) is 0 Å². The Morgan fingerprint density at radius 3 is 2.75 bits per heavy atom. The molecular weight excluding hydrogens is 150 g/mol. The second-order valence-corrected chi connectivity index (χ2v) is 2.76. The fourth-order valence-corrected chi connectivity index (χ4v) is 1.28. The molecule has 0 aliphatic rings. The van der Waals surface area contributed by atoms with Crippen LogP contribution < -0.4 is 5.73 Å². The van der Waals surface area contributed by atoms with E-state index >= 15 is 0 Å². The maximum absolute atomic E-state index is 5.66. The molecule has 0 aliphatic heterocycles. The zero-order valence-corrected chi connectivity index (χ0v) is 6.78. The van der Waals surface area contributed by atoms with Crippen molar-refractivity contribution in [2.75, 3.05) is 5.73 Å². The molecule has 0 atom stereocenters. The molecule has 0 fully saturated rings. The third kappa shape index (κ3) is 0.993. The first-order valence-corrected chi connectivity index (χ1v) is 3.74. The number of anilines is 1. The van der Waals surface area contributed by atoms with Gasteiger partial charge >= 0.3 is 0 Å². The summed E-state index contributed by atoms with van der Waals surface area (Å²) in [5.74, 6) is 0. The molecule has 12 heavy (non-hydrogen) atoms. The zero-order valence-electron chi connectivity index (χ0n) is 6.78. The largest absolute Gasteiger partial charge is 0.399 e. The van der Waals surface area contributed by atoms with Gasteiger partial charge in [0.15, 0.2) is 0 Å². The van der Waals surface area contributed by atoms with Crippen molar-refractivity contribution in [2.45, 2.75) is 6.92 Å². The van der Waals surface area contributed by atoms with Gasteiger partial charge in [0.05, 0.1) is 11.0 Å². The fourth-order valence-electron chi connectivity index (χ4n) is 1.28. The fraction of sp³-hybridized carbons (Fsp3) is 0.111. The van der Waals surface area contributed by atoms with E-state index in [0.717, 1.165) is 22.3 Å². The van der Waals surface area contributed by atoms with Gasteiger partial charge in [0.1, 0.15) is 0 Å². The SMILES string of the molecule is Cc1cc(N)cc2nccnc12. The van der Waals surface area contributed by atoms with Crippen LogP contribution in [0, 0.1) is 6.92 Å². The molecule has 1 aromatic heterocycles. The maximum Gasteiger partial charge on any atom is 0.0917 e. The Morgan fingerprint density at radius 1 is 1.17 bits per heavy atom. The van der Waals surface area contributed by atoms with Gasteiger partial charge in [-0.2, -0.15) is 0 Å². The Balaban J connectivity index is 2.89. The normalized spacial score (nSPS) is 10.4. The van der Waals surface area contributed by atoms with Crippen molar-refractivity contribution in [3.8, 4) is 0 Å². The highest BCUT2D eigenvalue weighted by atomic mass is 14.8. The number of fused-ring (bicyclic) bond motifs is 1. The highest BCUT2D eigenvalue weighted by Crippen LogP contribution is 2.16. The molecule has 2 aromatic rings. The molecule has 3 nitrogen and oxygen atoms in total. The van der Waals surface area contributed by atoms with Crippen molar-refractivity contribution in [3.63, 3.8) is 0 Å². The number of aromatic nitrogens is 2. The van der Waals surface area contributed by atoms with Crippen LogP contribution in [-0.2, 0) is 0 Å². The van der Waals surface area contributed by atoms with E-state index in [9.17, 15) is 0 Å². The second-order valence-electron chi connectivity index (χ2n) is 2.76. The Kier molecular flexibility index (Phi) is 1.43. The van der Waals surface area contributed by atoms with E-state index in [4.69, 9.17) is 5.73 Å². The minimum atomic E-state index is 0.737. The van der Waals surface area contributed by atoms with Crippen LogP contribution in [0.5, 0.6) is 0 Å². The number of nitrogens with two attached hydrogens (primary N) is 1. The maximum atomic E-state index is 5.66. The van der Waals surface area contributed by atoms with Crippen LogP contribution in [0.4, 0.5) is 5.69 Å². The van der Waals surface area contributed by atoms with Crippen molar-refractivity contribution in [1.29, 1.82) is 0 Å². The summed E-state index contributed by atoms with van der Waals surface area (Å²) in [6.45, 7) is 1.98. The molecule has 1 aromatic carbocycles. The van der Waals surface area contributed by atoms with Crippen molar-refractivity contribution in [3.05, 3.63) is 30.1 Å². The quantitative estimate of drug-likeness (QED) is 0.593. The summed E-state index contributed by atoms with van der Waals surface area (Å²) in [7, 11) is 0. The van der Waals surface area contributed by atoms with Crippen LogP contribution in [0.25, 0.3) is 11.0 Å². The van der Waals surface area contributed by atoms with Crippen LogP contribution >= 0.6 is 0 Å². The van der Waals surface area contributed by atoms with Crippen molar-refractivity contribution in [1.82, 2.24) is 9.97 Å². The van der Waals surface area contributed by atoms with E-state index in [2.05, 4.69) is 9.97 Å². The van der Waals surface area contributed by atoms with Crippen LogP contribution in [0.1, 0.15) is 5.56 Å². The second kappa shape index (κ2) is 2.44. The smallest absolute Gasteiger partial charge is 0.0917 e. The molecule has 0 aliphatic carbocycles. The van der Waals surface area contributed by atoms with Gasteiger partial charge in [0, 0.05) is 18.1 Å². The standard InChI is InChI=1S/C9H9N3/c1-6-4-7(10)5-8-9(6)12-3-2-11-8/h2-5H,10H2,1H3. The number of rotatable bonds is 0. The Hall–Kier alpha value is -1.64. The summed E-state index contributed by atoms with van der Waals surface area (Å²) in [6, 6.07) is 3.73. The van der Waals surface area contributed by atoms with E-state index < -0.39 is 0 Å². The van der Waals surface area contributed by atoms with E-state index in [0.29, 0.717) is 0 Å². The van der Waals surface area contributed by atoms with Gasteiger partial charge in [-0.05, 0) is 24.6 Å². The highest BCUT2D eigenvalue weighted by molar-refractivity contribution is 5.81. The lowest BCUT2D eigenvalue weighted by atomic mass is 10.2. The van der Waals surface area contributed by atoms with Gasteiger partial charge < -0.3 is 5.73 Å². The molecule has 0 unspecified atom stereocenters. The number of benzene rings is 1. The van der Waals surface area contributed by atoms with E-state index in [-0.39, 0.29) is 0 Å². The first-order valence-electron chi connectivity index (χ1n) is 3.74. The monoisotopic (exact) mass is 159 g/mol. The topological polar surface area (TPSA) is 51.8 Å². The Morgan fingerprint density at radius 2 is 1.92 bits per heavy atom. The average molecular weight is 159 g/mol. The van der Waals surface area contributed by atoms with Crippen LogP contribution in [0.3, 0.4) is 0 Å². The van der Waals surface area contributed by atoms with E-state index in [1.165, 1.54) is 0 Å². The molecule has 2 rings (SSSR count). The predicted molar refractivity (Wildman–Crippen MR) is 48.7 cm³/mol. The van der Waals surface area contributed by atoms with E-state index in [1.807, 2.05) is 19.1 Å². The number of aryl methyl sites for hydroxylation is 1. The third-order valence-corrected chi connectivity index (χ3v) is 1.79. The number of nitrogen functional groups attached to an aromatic ring is 1. The summed E-state index contributed by atoms with van der Waals surface area (Å²) in [5, 5.41) is 0. The minimum absolute atomic E-state index is 0.737. The lowest BCUT2D eigenvalue weighted by Gasteiger charge is -2.00. The van der Waals surface area contributed by atoms with Crippen molar-refractivity contribution < 1.29 is 0 Å². The van der Waals surface area contributed by atoms with Crippen LogP contribution in [0.2, 0.25) is 0 Å². The summed E-state index contributed by atoms with van der Waals surface area (Å²) in [5.41, 5.74) is 9.24. The molecule has 0 amide bonds. The Bertz CT molecular complexity index is 423. The van der Waals surface area contributed by atoms with Gasteiger partial charge in [0.2, 0.25) is 0 Å². The third-order valence-electron chi connectivity index (χ3n) is 1.79. The van der Waals surface area contributed by atoms with Gasteiger partial charge in [-0.25, -0.2) is 0 Å². The molecule has 0 spiro atoms. The van der Waals surface area contributed by atoms with Crippen molar-refractivity contribution in [2.24, 2.45) is 0 Å². The van der Waals surface area contributed by atoms with Gasteiger partial charge in [-0.15, -0.1) is 0 Å². The zero-order chi connectivity index (χ0) is 8.55. The molecule has 0 radical (unpaired) electrons. The van der Waals surface area contributed by atoms with Gasteiger partial charge in [-0.3, -0.25) is 9.97 Å². The molecule has 60 valence electrons. The number of nitrogens with zero attached hydrogens (tertiary/aromatic N) is 2. The number of hydrogen-bond acceptors (Lipinski definition) is 3. The summed E-state index contributed by atoms with van der Waals surface area (Å²) >= 11 is 0. The first kappa shape index (κ1) is 7.03. The predicted octanol–water partition coefficient (Wildman–Crippen LogP) is 1.52. The number of hydrogen-bond donors (Lipinski definition) is 1. The highest BCUT2D eigenvalue weighted by Gasteiger charge is 1.99. The lowest BCUT2D eigenvalue weighted by molar-refractivity contribution is 1.27. The van der Waals surface area contributed by atoms with Gasteiger partial charge in [-0.1, -0.05) is 0 Å². The molecule has 0 saturated carbocycles.